The Morgan fingerprint density at radius 3 is 2.50 bits per heavy atom. The summed E-state index contributed by atoms with van der Waals surface area (Å²) in [4.78, 5) is 6.31. The van der Waals surface area contributed by atoms with Crippen molar-refractivity contribution in [3.05, 3.63) is 72.4 Å². The summed E-state index contributed by atoms with van der Waals surface area (Å²) in [7, 11) is -1.96. The molecule has 2 fully saturated rings. The number of aliphatic hydroxyl groups is 1. The Hall–Kier alpha value is -2.59. The Kier molecular flexibility index (Phi) is 6.28. The van der Waals surface area contributed by atoms with Gasteiger partial charge in [0.1, 0.15) is 5.82 Å². The van der Waals surface area contributed by atoms with Gasteiger partial charge < -0.3 is 9.67 Å². The average molecular weight is 485 g/mol. The number of nitrogens with zero attached hydrogens (tertiary/aromatic N) is 4. The number of benzene rings is 2. The molecule has 3 aromatic rings. The second kappa shape index (κ2) is 9.22. The molecule has 2 aliphatic heterocycles. The minimum absolute atomic E-state index is 0.00320. The van der Waals surface area contributed by atoms with Gasteiger partial charge in [0.05, 0.1) is 12.9 Å². The molecule has 2 aromatic carbocycles. The van der Waals surface area contributed by atoms with Crippen LogP contribution in [-0.4, -0.2) is 70.6 Å². The Morgan fingerprint density at radius 1 is 1.09 bits per heavy atom. The smallest absolute Gasteiger partial charge is 0.262 e. The van der Waals surface area contributed by atoms with Crippen molar-refractivity contribution in [2.75, 3.05) is 26.2 Å². The molecule has 7 nitrogen and oxygen atoms in total. The molecule has 9 heteroatoms. The zero-order valence-corrected chi connectivity index (χ0v) is 19.9. The minimum atomic E-state index is -3.71. The van der Waals surface area contributed by atoms with Gasteiger partial charge in [-0.15, -0.1) is 0 Å². The van der Waals surface area contributed by atoms with Crippen LogP contribution in [0.4, 0.5) is 4.39 Å². The summed E-state index contributed by atoms with van der Waals surface area (Å²) in [5, 5.41) is 10.2. The number of aliphatic hydroxyl groups excluding tert-OH is 1. The molecule has 0 radical (unpaired) electrons. The highest BCUT2D eigenvalue weighted by molar-refractivity contribution is 7.89. The van der Waals surface area contributed by atoms with Gasteiger partial charge in [-0.1, -0.05) is 42.5 Å². The number of aryl methyl sites for hydroxylation is 1. The molecule has 34 heavy (non-hydrogen) atoms. The third-order valence-electron chi connectivity index (χ3n) is 7.10. The molecule has 3 heterocycles. The van der Waals surface area contributed by atoms with Crippen molar-refractivity contribution >= 4 is 10.0 Å². The lowest BCUT2D eigenvalue weighted by molar-refractivity contribution is -0.0554. The highest BCUT2D eigenvalue weighted by Gasteiger charge is 2.50. The van der Waals surface area contributed by atoms with E-state index < -0.39 is 10.0 Å². The number of halogens is 1. The van der Waals surface area contributed by atoms with E-state index >= 15 is 0 Å². The summed E-state index contributed by atoms with van der Waals surface area (Å²) in [6.07, 6.45) is 4.64. The van der Waals surface area contributed by atoms with Gasteiger partial charge in [-0.3, -0.25) is 4.90 Å². The molecule has 1 N–H and O–H groups in total. The lowest BCUT2D eigenvalue weighted by atomic mass is 9.74. The summed E-state index contributed by atoms with van der Waals surface area (Å²) in [5.41, 5.74) is 2.35. The molecule has 3 atom stereocenters. The first kappa shape index (κ1) is 23.2. The molecule has 5 rings (SSSR count). The van der Waals surface area contributed by atoms with Crippen LogP contribution in [0.1, 0.15) is 24.3 Å². The van der Waals surface area contributed by atoms with E-state index in [1.54, 1.807) is 28.1 Å². The van der Waals surface area contributed by atoms with Gasteiger partial charge in [0.25, 0.3) is 10.0 Å². The van der Waals surface area contributed by atoms with Gasteiger partial charge in [0.15, 0.2) is 5.03 Å². The third kappa shape index (κ3) is 4.07. The topological polar surface area (TPSA) is 78.7 Å². The van der Waals surface area contributed by atoms with E-state index in [4.69, 9.17) is 0 Å². The van der Waals surface area contributed by atoms with Gasteiger partial charge in [0.2, 0.25) is 0 Å². The summed E-state index contributed by atoms with van der Waals surface area (Å²) >= 11 is 0. The monoisotopic (exact) mass is 484 g/mol. The van der Waals surface area contributed by atoms with Crippen molar-refractivity contribution < 1.29 is 17.9 Å². The van der Waals surface area contributed by atoms with Crippen LogP contribution in [0, 0.1) is 5.82 Å². The fraction of sp³-hybridized carbons (Fsp3) is 0.400. The van der Waals surface area contributed by atoms with Gasteiger partial charge in [0, 0.05) is 49.9 Å². The van der Waals surface area contributed by atoms with Crippen molar-refractivity contribution in [2.45, 2.75) is 35.9 Å². The normalized spacial score (nSPS) is 24.1. The predicted octanol–water partition coefficient (Wildman–Crippen LogP) is 2.84. The van der Waals surface area contributed by atoms with Crippen LogP contribution in [0.3, 0.4) is 0 Å². The van der Waals surface area contributed by atoms with Crippen LogP contribution in [0.25, 0.3) is 11.1 Å². The van der Waals surface area contributed by atoms with Crippen LogP contribution in [0.5, 0.6) is 0 Å². The number of rotatable bonds is 5. The van der Waals surface area contributed by atoms with Crippen LogP contribution in [0.15, 0.2) is 66.1 Å². The van der Waals surface area contributed by atoms with E-state index in [2.05, 4.69) is 9.88 Å². The zero-order chi connectivity index (χ0) is 23.9. The van der Waals surface area contributed by atoms with Gasteiger partial charge in [-0.2, -0.15) is 4.31 Å². The number of imidazole rings is 1. The average Bonchev–Trinajstić information content (AvgIpc) is 3.26. The summed E-state index contributed by atoms with van der Waals surface area (Å²) in [5.74, 6) is -0.284. The first-order chi connectivity index (χ1) is 16.4. The summed E-state index contributed by atoms with van der Waals surface area (Å²) < 4.78 is 44.0. The molecule has 0 aliphatic carbocycles. The molecule has 1 aromatic heterocycles. The Morgan fingerprint density at radius 2 is 1.82 bits per heavy atom. The highest BCUT2D eigenvalue weighted by atomic mass is 32.2. The molecular formula is C25H29FN4O3S. The second-order valence-corrected chi connectivity index (χ2v) is 11.0. The van der Waals surface area contributed by atoms with Crippen molar-refractivity contribution in [1.82, 2.24) is 18.8 Å². The quantitative estimate of drug-likeness (QED) is 0.603. The molecule has 2 aliphatic rings. The highest BCUT2D eigenvalue weighted by Crippen LogP contribution is 2.43. The van der Waals surface area contributed by atoms with Crippen molar-refractivity contribution in [1.29, 1.82) is 0 Å². The number of aromatic nitrogens is 2. The first-order valence-corrected chi connectivity index (χ1v) is 13.0. The Bertz CT molecular complexity index is 1260. The summed E-state index contributed by atoms with van der Waals surface area (Å²) in [6.45, 7) is 1.63. The van der Waals surface area contributed by atoms with Crippen molar-refractivity contribution in [2.24, 2.45) is 7.05 Å². The standard InChI is InChI=1S/C25H29FN4O3S/c1-28-15-24(27-17-28)34(32,33)29-12-4-5-13-30-22(14-29)25(23(30)16-31)19-10-8-18(9-11-19)20-6-2-3-7-21(20)26/h2-3,6-11,15,17,22-23,25,31H,4-5,12-14,16H2,1H3/t22-,23+,25+/m1/s1. The fourth-order valence-electron chi connectivity index (χ4n) is 5.36. The molecular weight excluding hydrogens is 455 g/mol. The molecule has 0 amide bonds. The van der Waals surface area contributed by atoms with Crippen molar-refractivity contribution in [3.63, 3.8) is 0 Å². The lowest BCUT2D eigenvalue weighted by Gasteiger charge is -2.57. The van der Waals surface area contributed by atoms with Gasteiger partial charge in [-0.05, 0) is 36.6 Å². The number of fused-ring (bicyclic) bond motifs is 1. The van der Waals surface area contributed by atoms with Crippen LogP contribution < -0.4 is 0 Å². The molecule has 2 saturated heterocycles. The van der Waals surface area contributed by atoms with Crippen molar-refractivity contribution in [3.8, 4) is 11.1 Å². The zero-order valence-electron chi connectivity index (χ0n) is 19.1. The molecule has 0 bridgehead atoms. The van der Waals surface area contributed by atoms with E-state index in [9.17, 15) is 17.9 Å². The Balaban J connectivity index is 1.43. The first-order valence-electron chi connectivity index (χ1n) is 11.6. The molecule has 0 saturated carbocycles. The van der Waals surface area contributed by atoms with Crippen LogP contribution in [0.2, 0.25) is 0 Å². The predicted molar refractivity (Wildman–Crippen MR) is 127 cm³/mol. The second-order valence-electron chi connectivity index (χ2n) is 9.13. The largest absolute Gasteiger partial charge is 0.395 e. The van der Waals surface area contributed by atoms with Gasteiger partial charge >= 0.3 is 0 Å². The fourth-order valence-corrected chi connectivity index (χ4v) is 6.82. The van der Waals surface area contributed by atoms with E-state index in [0.29, 0.717) is 18.7 Å². The van der Waals surface area contributed by atoms with E-state index in [1.165, 1.54) is 18.6 Å². The third-order valence-corrected chi connectivity index (χ3v) is 8.85. The number of hydrogen-bond donors (Lipinski definition) is 1. The molecule has 180 valence electrons. The Labute approximate surface area is 199 Å². The molecule has 0 spiro atoms. The maximum absolute atomic E-state index is 14.2. The SMILES string of the molecule is Cn1cnc(S(=O)(=O)N2CCCCN3[C@H](C2)[C@H](c2ccc(-c4ccccc4F)cc2)[C@@H]3CO)c1. The van der Waals surface area contributed by atoms with E-state index in [1.807, 2.05) is 30.3 Å². The number of hydrogen-bond acceptors (Lipinski definition) is 5. The van der Waals surface area contributed by atoms with E-state index in [0.717, 1.165) is 30.5 Å². The number of sulfonamides is 1. The van der Waals surface area contributed by atoms with Crippen LogP contribution in [-0.2, 0) is 17.1 Å². The minimum Gasteiger partial charge on any atom is -0.395 e. The van der Waals surface area contributed by atoms with Crippen LogP contribution >= 0.6 is 0 Å². The maximum atomic E-state index is 14.2. The molecule has 0 unspecified atom stereocenters. The van der Waals surface area contributed by atoms with E-state index in [-0.39, 0.29) is 35.5 Å². The maximum Gasteiger partial charge on any atom is 0.262 e. The van der Waals surface area contributed by atoms with Gasteiger partial charge in [-0.25, -0.2) is 17.8 Å². The lowest BCUT2D eigenvalue weighted by Crippen LogP contribution is -2.67. The summed E-state index contributed by atoms with van der Waals surface area (Å²) in [6, 6.07) is 14.3.